The van der Waals surface area contributed by atoms with E-state index in [9.17, 15) is 14.7 Å². The third-order valence-corrected chi connectivity index (χ3v) is 6.45. The van der Waals surface area contributed by atoms with Gasteiger partial charge >= 0.3 is 0 Å². The number of thioether (sulfide) groups is 1. The van der Waals surface area contributed by atoms with Crippen molar-refractivity contribution in [2.45, 2.75) is 50.1 Å². The number of aliphatic hydroxyl groups is 1. The van der Waals surface area contributed by atoms with Crippen molar-refractivity contribution in [3.8, 4) is 0 Å². The summed E-state index contributed by atoms with van der Waals surface area (Å²) < 4.78 is 0. The summed E-state index contributed by atoms with van der Waals surface area (Å²) in [4.78, 5) is 28.2. The maximum absolute atomic E-state index is 12.7. The number of aliphatic hydroxyl groups excluding tert-OH is 1. The molecule has 3 aliphatic heterocycles. The van der Waals surface area contributed by atoms with E-state index in [1.807, 2.05) is 9.80 Å². The van der Waals surface area contributed by atoms with Crippen molar-refractivity contribution >= 4 is 23.6 Å². The molecule has 0 aromatic heterocycles. The van der Waals surface area contributed by atoms with Gasteiger partial charge in [-0.1, -0.05) is 0 Å². The Morgan fingerprint density at radius 1 is 1.55 bits per heavy atom. The molecule has 3 fully saturated rings. The van der Waals surface area contributed by atoms with Crippen LogP contribution in [-0.4, -0.2) is 62.6 Å². The zero-order valence-corrected chi connectivity index (χ0v) is 12.9. The number of nitrogens with zero attached hydrogens (tertiary/aromatic N) is 2. The van der Waals surface area contributed by atoms with Crippen LogP contribution in [0.1, 0.15) is 33.1 Å². The number of likely N-dealkylation sites (tertiary alicyclic amines) is 1. The van der Waals surface area contributed by atoms with E-state index in [2.05, 4.69) is 6.92 Å². The Balaban J connectivity index is 1.71. The van der Waals surface area contributed by atoms with Crippen molar-refractivity contribution in [1.82, 2.24) is 9.80 Å². The Labute approximate surface area is 123 Å². The van der Waals surface area contributed by atoms with Crippen LogP contribution >= 0.6 is 11.8 Å². The topological polar surface area (TPSA) is 60.9 Å². The van der Waals surface area contributed by atoms with Crippen LogP contribution in [0.15, 0.2) is 0 Å². The average molecular weight is 298 g/mol. The highest BCUT2D eigenvalue weighted by Crippen LogP contribution is 2.47. The second-order valence-corrected chi connectivity index (χ2v) is 7.84. The molecule has 0 bridgehead atoms. The van der Waals surface area contributed by atoms with Gasteiger partial charge < -0.3 is 14.9 Å². The summed E-state index contributed by atoms with van der Waals surface area (Å²) in [5, 5.41) is 9.64. The zero-order chi connectivity index (χ0) is 14.5. The van der Waals surface area contributed by atoms with E-state index in [0.29, 0.717) is 25.3 Å². The normalized spacial score (nSPS) is 38.5. The Morgan fingerprint density at radius 3 is 2.95 bits per heavy atom. The number of carbonyl (C=O) groups excluding carboxylic acids is 2. The highest BCUT2D eigenvalue weighted by atomic mass is 32.2. The third-order valence-electron chi connectivity index (χ3n) is 4.95. The molecule has 4 atom stereocenters. The third kappa shape index (κ3) is 2.13. The predicted molar refractivity (Wildman–Crippen MR) is 77.1 cm³/mol. The van der Waals surface area contributed by atoms with E-state index in [4.69, 9.17) is 0 Å². The van der Waals surface area contributed by atoms with E-state index in [1.54, 1.807) is 18.7 Å². The van der Waals surface area contributed by atoms with Crippen LogP contribution in [0.25, 0.3) is 0 Å². The van der Waals surface area contributed by atoms with Gasteiger partial charge in [-0.25, -0.2) is 0 Å². The molecule has 5 nitrogen and oxygen atoms in total. The van der Waals surface area contributed by atoms with Crippen LogP contribution in [0.2, 0.25) is 0 Å². The van der Waals surface area contributed by atoms with E-state index < -0.39 is 0 Å². The summed E-state index contributed by atoms with van der Waals surface area (Å²) in [6, 6.07) is -0.298. The van der Waals surface area contributed by atoms with Gasteiger partial charge in [-0.3, -0.25) is 9.59 Å². The monoisotopic (exact) mass is 298 g/mol. The number of hydrogen-bond acceptors (Lipinski definition) is 4. The Kier molecular flexibility index (Phi) is 3.49. The Morgan fingerprint density at radius 2 is 2.30 bits per heavy atom. The molecule has 0 spiro atoms. The molecule has 3 aliphatic rings. The maximum atomic E-state index is 12.7. The maximum Gasteiger partial charge on any atom is 0.246 e. The van der Waals surface area contributed by atoms with Gasteiger partial charge in [0.2, 0.25) is 11.8 Å². The van der Waals surface area contributed by atoms with Gasteiger partial charge in [-0.05, 0) is 26.7 Å². The molecule has 3 heterocycles. The van der Waals surface area contributed by atoms with E-state index in [1.165, 1.54) is 0 Å². The first kappa shape index (κ1) is 14.2. The van der Waals surface area contributed by atoms with Crippen molar-refractivity contribution in [2.75, 3.05) is 18.8 Å². The molecule has 112 valence electrons. The predicted octanol–water partition coefficient (Wildman–Crippen LogP) is 0.670. The molecule has 20 heavy (non-hydrogen) atoms. The largest absolute Gasteiger partial charge is 0.393 e. The van der Waals surface area contributed by atoms with Gasteiger partial charge in [-0.2, -0.15) is 0 Å². The highest BCUT2D eigenvalue weighted by Gasteiger charge is 2.53. The second kappa shape index (κ2) is 4.91. The number of rotatable bonds is 2. The van der Waals surface area contributed by atoms with Crippen molar-refractivity contribution in [2.24, 2.45) is 5.92 Å². The molecule has 4 unspecified atom stereocenters. The number of carbonyl (C=O) groups is 2. The fourth-order valence-electron chi connectivity index (χ4n) is 3.60. The van der Waals surface area contributed by atoms with Gasteiger partial charge in [0.05, 0.1) is 11.0 Å². The lowest BCUT2D eigenvalue weighted by molar-refractivity contribution is -0.143. The number of fused-ring (bicyclic) bond motifs is 1. The highest BCUT2D eigenvalue weighted by molar-refractivity contribution is 8.01. The minimum absolute atomic E-state index is 0.0691. The van der Waals surface area contributed by atoms with Crippen molar-refractivity contribution in [3.05, 3.63) is 0 Å². The first-order chi connectivity index (χ1) is 9.42. The summed E-state index contributed by atoms with van der Waals surface area (Å²) in [6.45, 7) is 5.17. The molecule has 2 amide bonds. The Bertz CT molecular complexity index is 442. The summed E-state index contributed by atoms with van der Waals surface area (Å²) in [7, 11) is 0. The molecule has 0 aliphatic carbocycles. The summed E-state index contributed by atoms with van der Waals surface area (Å²) in [5.41, 5.74) is 0. The lowest BCUT2D eigenvalue weighted by Gasteiger charge is -2.32. The van der Waals surface area contributed by atoms with Crippen LogP contribution in [-0.2, 0) is 9.59 Å². The molecule has 0 radical (unpaired) electrons. The zero-order valence-electron chi connectivity index (χ0n) is 12.0. The number of hydrogen-bond donors (Lipinski definition) is 1. The molecule has 0 aromatic carbocycles. The van der Waals surface area contributed by atoms with Gasteiger partial charge in [0, 0.05) is 31.2 Å². The van der Waals surface area contributed by atoms with Crippen LogP contribution < -0.4 is 0 Å². The fraction of sp³-hybridized carbons (Fsp3) is 0.857. The molecule has 0 saturated carbocycles. The first-order valence-corrected chi connectivity index (χ1v) is 8.34. The SMILES string of the molecule is CC(O)C1CCN(C(=O)C2CSC3(C)CCC(=O)N23)C1. The van der Waals surface area contributed by atoms with Crippen LogP contribution in [0.4, 0.5) is 0 Å². The summed E-state index contributed by atoms with van der Waals surface area (Å²) in [6.07, 6.45) is 1.89. The van der Waals surface area contributed by atoms with E-state index in [0.717, 1.165) is 12.8 Å². The minimum Gasteiger partial charge on any atom is -0.393 e. The lowest BCUT2D eigenvalue weighted by Crippen LogP contribution is -2.51. The van der Waals surface area contributed by atoms with Crippen molar-refractivity contribution in [3.63, 3.8) is 0 Å². The quantitative estimate of drug-likeness (QED) is 0.814. The fourth-order valence-corrected chi connectivity index (χ4v) is 5.02. The molecule has 0 aromatic rings. The summed E-state index contributed by atoms with van der Waals surface area (Å²) >= 11 is 1.73. The van der Waals surface area contributed by atoms with Gasteiger partial charge in [0.15, 0.2) is 0 Å². The van der Waals surface area contributed by atoms with Crippen LogP contribution in [0.3, 0.4) is 0 Å². The van der Waals surface area contributed by atoms with Crippen molar-refractivity contribution in [1.29, 1.82) is 0 Å². The average Bonchev–Trinajstić information content (AvgIpc) is 3.05. The summed E-state index contributed by atoms with van der Waals surface area (Å²) in [5.74, 6) is 1.06. The second-order valence-electron chi connectivity index (χ2n) is 6.34. The number of amides is 2. The van der Waals surface area contributed by atoms with Crippen LogP contribution in [0, 0.1) is 5.92 Å². The van der Waals surface area contributed by atoms with Crippen LogP contribution in [0.5, 0.6) is 0 Å². The first-order valence-electron chi connectivity index (χ1n) is 7.35. The molecule has 3 saturated heterocycles. The molecular weight excluding hydrogens is 276 g/mol. The minimum atomic E-state index is -0.371. The van der Waals surface area contributed by atoms with Gasteiger partial charge in [-0.15, -0.1) is 11.8 Å². The molecule has 3 rings (SSSR count). The lowest BCUT2D eigenvalue weighted by atomic mass is 10.0. The Hall–Kier alpha value is -0.750. The van der Waals surface area contributed by atoms with Gasteiger partial charge in [0.25, 0.3) is 0 Å². The molecule has 1 N–H and O–H groups in total. The van der Waals surface area contributed by atoms with E-state index >= 15 is 0 Å². The van der Waals surface area contributed by atoms with Crippen molar-refractivity contribution < 1.29 is 14.7 Å². The smallest absolute Gasteiger partial charge is 0.246 e. The molecular formula is C14H22N2O3S. The van der Waals surface area contributed by atoms with Gasteiger partial charge in [0.1, 0.15) is 6.04 Å². The van der Waals surface area contributed by atoms with E-state index in [-0.39, 0.29) is 34.7 Å². The molecule has 6 heteroatoms. The standard InChI is InChI=1S/C14H22N2O3S/c1-9(17)10-4-6-15(7-10)13(19)11-8-20-14(2)5-3-12(18)16(11)14/h9-11,17H,3-8H2,1-2H3.